The molecule has 0 spiro atoms. The van der Waals surface area contributed by atoms with E-state index in [1.54, 1.807) is 7.11 Å². The summed E-state index contributed by atoms with van der Waals surface area (Å²) >= 11 is 0. The summed E-state index contributed by atoms with van der Waals surface area (Å²) in [6.45, 7) is 1.35. The van der Waals surface area contributed by atoms with E-state index in [2.05, 4.69) is 10.6 Å². The lowest BCUT2D eigenvalue weighted by Gasteiger charge is -2.22. The number of carbonyl (C=O) groups is 1. The molecule has 0 heterocycles. The first-order valence-corrected chi connectivity index (χ1v) is 6.91. The zero-order valence-corrected chi connectivity index (χ0v) is 11.6. The van der Waals surface area contributed by atoms with Crippen molar-refractivity contribution >= 4 is 5.91 Å². The summed E-state index contributed by atoms with van der Waals surface area (Å²) in [5, 5.41) is 14.9. The van der Waals surface area contributed by atoms with Gasteiger partial charge in [-0.05, 0) is 19.3 Å². The molecule has 1 aliphatic rings. The highest BCUT2D eigenvalue weighted by Gasteiger charge is 2.17. The molecule has 5 nitrogen and oxygen atoms in total. The van der Waals surface area contributed by atoms with Gasteiger partial charge in [-0.3, -0.25) is 4.79 Å². The molecule has 0 saturated heterocycles. The van der Waals surface area contributed by atoms with Crippen LogP contribution in [0.25, 0.3) is 0 Å². The van der Waals surface area contributed by atoms with Crippen molar-refractivity contribution in [2.75, 3.05) is 20.3 Å². The summed E-state index contributed by atoms with van der Waals surface area (Å²) in [4.78, 5) is 11.9. The molecule has 0 atom stereocenters. The van der Waals surface area contributed by atoms with Gasteiger partial charge in [-0.25, -0.2) is 0 Å². The Balaban J connectivity index is 2.33. The molecule has 0 aromatic heterocycles. The topological polar surface area (TPSA) is 74.1 Å². The third-order valence-electron chi connectivity index (χ3n) is 3.22. The fourth-order valence-corrected chi connectivity index (χ4v) is 2.15. The maximum atomic E-state index is 11.9. The number of hydrogen-bond acceptors (Lipinski definition) is 4. The van der Waals surface area contributed by atoms with Gasteiger partial charge in [0, 0.05) is 32.5 Å². The quantitative estimate of drug-likeness (QED) is 0.415. The number of carbonyl (C=O) groups excluding carboxylic acids is 1. The van der Waals surface area contributed by atoms with E-state index in [-0.39, 0.29) is 17.5 Å². The van der Waals surface area contributed by atoms with Gasteiger partial charge in [0.25, 0.3) is 5.91 Å². The summed E-state index contributed by atoms with van der Waals surface area (Å²) in [6, 6.07) is 2.17. The second kappa shape index (κ2) is 9.40. The molecule has 1 rings (SSSR count). The standard InChI is InChI=1S/C14H23N3O2/c1-19-9-5-8-16-11-12(10-15)14(18)17-13-6-3-2-4-7-13/h11,13,16H,2-9H2,1H3,(H,17,18)/b12-11-. The smallest absolute Gasteiger partial charge is 0.263 e. The van der Waals surface area contributed by atoms with Gasteiger partial charge in [0.1, 0.15) is 11.6 Å². The molecule has 0 radical (unpaired) electrons. The Hall–Kier alpha value is -1.54. The lowest BCUT2D eigenvalue weighted by atomic mass is 9.95. The van der Waals surface area contributed by atoms with Crippen LogP contribution in [-0.4, -0.2) is 32.2 Å². The predicted octanol–water partition coefficient (Wildman–Crippen LogP) is 1.47. The van der Waals surface area contributed by atoms with Crippen LogP contribution in [0.5, 0.6) is 0 Å². The van der Waals surface area contributed by atoms with E-state index in [4.69, 9.17) is 10.00 Å². The Kier molecular flexibility index (Phi) is 7.68. The van der Waals surface area contributed by atoms with E-state index in [1.807, 2.05) is 6.07 Å². The molecule has 1 amide bonds. The van der Waals surface area contributed by atoms with Gasteiger partial charge in [0.05, 0.1) is 0 Å². The summed E-state index contributed by atoms with van der Waals surface area (Å²) < 4.78 is 4.92. The first-order valence-electron chi connectivity index (χ1n) is 6.91. The largest absolute Gasteiger partial charge is 0.390 e. The van der Waals surface area contributed by atoms with Crippen LogP contribution >= 0.6 is 0 Å². The van der Waals surface area contributed by atoms with E-state index in [9.17, 15) is 4.79 Å². The van der Waals surface area contributed by atoms with E-state index >= 15 is 0 Å². The summed E-state index contributed by atoms with van der Waals surface area (Å²) in [7, 11) is 1.65. The van der Waals surface area contributed by atoms with Crippen LogP contribution < -0.4 is 10.6 Å². The number of ether oxygens (including phenoxy) is 1. The van der Waals surface area contributed by atoms with Gasteiger partial charge < -0.3 is 15.4 Å². The van der Waals surface area contributed by atoms with Crippen molar-refractivity contribution in [3.05, 3.63) is 11.8 Å². The molecule has 106 valence electrons. The van der Waals surface area contributed by atoms with Crippen LogP contribution in [0, 0.1) is 11.3 Å². The monoisotopic (exact) mass is 265 g/mol. The molecular formula is C14H23N3O2. The maximum Gasteiger partial charge on any atom is 0.263 e. The lowest BCUT2D eigenvalue weighted by Crippen LogP contribution is -2.37. The lowest BCUT2D eigenvalue weighted by molar-refractivity contribution is -0.118. The highest BCUT2D eigenvalue weighted by atomic mass is 16.5. The minimum absolute atomic E-state index is 0.142. The van der Waals surface area contributed by atoms with Gasteiger partial charge >= 0.3 is 0 Å². The van der Waals surface area contributed by atoms with E-state index in [1.165, 1.54) is 12.6 Å². The average Bonchev–Trinajstić information content (AvgIpc) is 2.44. The fourth-order valence-electron chi connectivity index (χ4n) is 2.15. The van der Waals surface area contributed by atoms with Crippen molar-refractivity contribution in [1.82, 2.24) is 10.6 Å². The average molecular weight is 265 g/mol. The predicted molar refractivity (Wildman–Crippen MR) is 73.2 cm³/mol. The SMILES string of the molecule is COCCCN/C=C(/C#N)C(=O)NC1CCCCC1. The second-order valence-electron chi connectivity index (χ2n) is 4.78. The first kappa shape index (κ1) is 15.5. The summed E-state index contributed by atoms with van der Waals surface area (Å²) in [5.41, 5.74) is 0.142. The number of amides is 1. The molecule has 0 aliphatic heterocycles. The minimum atomic E-state index is -0.270. The van der Waals surface area contributed by atoms with Gasteiger partial charge in [-0.1, -0.05) is 19.3 Å². The Bertz CT molecular complexity index is 341. The Labute approximate surface area is 115 Å². The molecule has 2 N–H and O–H groups in total. The number of rotatable bonds is 7. The van der Waals surface area contributed by atoms with E-state index in [0.717, 1.165) is 32.1 Å². The molecule has 19 heavy (non-hydrogen) atoms. The summed E-state index contributed by atoms with van der Waals surface area (Å²) in [6.07, 6.45) is 7.94. The number of nitriles is 1. The first-order chi connectivity index (χ1) is 9.27. The maximum absolute atomic E-state index is 11.9. The van der Waals surface area contributed by atoms with Crippen LogP contribution in [0.15, 0.2) is 11.8 Å². The van der Waals surface area contributed by atoms with Crippen molar-refractivity contribution < 1.29 is 9.53 Å². The molecule has 1 fully saturated rings. The Morgan fingerprint density at radius 3 is 2.79 bits per heavy atom. The third-order valence-corrected chi connectivity index (χ3v) is 3.22. The molecule has 0 aromatic carbocycles. The zero-order valence-electron chi connectivity index (χ0n) is 11.6. The van der Waals surface area contributed by atoms with Crippen LogP contribution in [0.3, 0.4) is 0 Å². The van der Waals surface area contributed by atoms with Crippen LogP contribution in [0.1, 0.15) is 38.5 Å². The summed E-state index contributed by atoms with van der Waals surface area (Å²) in [5.74, 6) is -0.270. The molecule has 0 unspecified atom stereocenters. The van der Waals surface area contributed by atoms with Gasteiger partial charge in [-0.15, -0.1) is 0 Å². The Morgan fingerprint density at radius 1 is 1.42 bits per heavy atom. The van der Waals surface area contributed by atoms with Crippen LogP contribution in [0.4, 0.5) is 0 Å². The number of nitrogens with zero attached hydrogens (tertiary/aromatic N) is 1. The third kappa shape index (κ3) is 6.25. The van der Waals surface area contributed by atoms with Crippen molar-refractivity contribution in [3.8, 4) is 6.07 Å². The molecule has 5 heteroatoms. The van der Waals surface area contributed by atoms with Crippen molar-refractivity contribution in [1.29, 1.82) is 5.26 Å². The fraction of sp³-hybridized carbons (Fsp3) is 0.714. The zero-order chi connectivity index (χ0) is 13.9. The normalized spacial score (nSPS) is 16.7. The van der Waals surface area contributed by atoms with Crippen molar-refractivity contribution in [2.45, 2.75) is 44.6 Å². The number of nitrogens with one attached hydrogen (secondary N) is 2. The highest BCUT2D eigenvalue weighted by Crippen LogP contribution is 2.17. The van der Waals surface area contributed by atoms with Gasteiger partial charge in [0.2, 0.25) is 0 Å². The number of methoxy groups -OCH3 is 1. The molecule has 1 aliphatic carbocycles. The van der Waals surface area contributed by atoms with Crippen molar-refractivity contribution in [2.24, 2.45) is 0 Å². The highest BCUT2D eigenvalue weighted by molar-refractivity contribution is 5.97. The molecule has 0 bridgehead atoms. The van der Waals surface area contributed by atoms with Crippen molar-refractivity contribution in [3.63, 3.8) is 0 Å². The molecule has 0 aromatic rings. The van der Waals surface area contributed by atoms with E-state index in [0.29, 0.717) is 13.2 Å². The molecule has 1 saturated carbocycles. The molecular weight excluding hydrogens is 242 g/mol. The number of hydrogen-bond donors (Lipinski definition) is 2. The van der Waals surface area contributed by atoms with Crippen LogP contribution in [0.2, 0.25) is 0 Å². The second-order valence-corrected chi connectivity index (χ2v) is 4.78. The minimum Gasteiger partial charge on any atom is -0.390 e. The van der Waals surface area contributed by atoms with Gasteiger partial charge in [0.15, 0.2) is 0 Å². The van der Waals surface area contributed by atoms with Crippen LogP contribution in [-0.2, 0) is 9.53 Å². The van der Waals surface area contributed by atoms with Gasteiger partial charge in [-0.2, -0.15) is 5.26 Å². The Morgan fingerprint density at radius 2 is 2.16 bits per heavy atom. The van der Waals surface area contributed by atoms with E-state index < -0.39 is 0 Å².